The molecule has 2 amide bonds. The summed E-state index contributed by atoms with van der Waals surface area (Å²) in [4.78, 5) is 26.7. The van der Waals surface area contributed by atoms with Crippen molar-refractivity contribution in [2.45, 2.75) is 11.1 Å². The van der Waals surface area contributed by atoms with Crippen molar-refractivity contribution < 1.29 is 14.7 Å². The average Bonchev–Trinajstić information content (AvgIpc) is 2.85. The third kappa shape index (κ3) is 1.17. The minimum Gasteiger partial charge on any atom is -0.379 e. The maximum Gasteiger partial charge on any atom is 0.236 e. The van der Waals surface area contributed by atoms with Crippen molar-refractivity contribution in [2.24, 2.45) is 17.6 Å². The smallest absolute Gasteiger partial charge is 0.236 e. The first-order chi connectivity index (χ1) is 11.4. The van der Waals surface area contributed by atoms with Crippen molar-refractivity contribution in [1.29, 1.82) is 0 Å². The Morgan fingerprint density at radius 1 is 0.875 bits per heavy atom. The Morgan fingerprint density at radius 2 is 1.29 bits per heavy atom. The van der Waals surface area contributed by atoms with E-state index in [1.807, 2.05) is 36.4 Å². The van der Waals surface area contributed by atoms with E-state index in [0.717, 1.165) is 16.0 Å². The van der Waals surface area contributed by atoms with Gasteiger partial charge in [-0.15, -0.1) is 0 Å². The summed E-state index contributed by atoms with van der Waals surface area (Å²) in [5.41, 5.74) is 6.93. The molecule has 2 aromatic rings. The largest absolute Gasteiger partial charge is 0.379 e. The summed E-state index contributed by atoms with van der Waals surface area (Å²) in [7, 11) is 1.46. The third-order valence-corrected chi connectivity index (χ3v) is 6.03. The lowest BCUT2D eigenvalue weighted by atomic mass is 9.49. The van der Waals surface area contributed by atoms with Gasteiger partial charge in [-0.05, 0) is 22.3 Å². The van der Waals surface area contributed by atoms with E-state index in [1.54, 1.807) is 12.1 Å². The van der Waals surface area contributed by atoms with E-state index in [2.05, 4.69) is 0 Å². The first-order valence-corrected chi connectivity index (χ1v) is 7.96. The molecule has 2 aromatic carbocycles. The zero-order valence-electron chi connectivity index (χ0n) is 13.1. The molecule has 5 nitrogen and oxygen atoms in total. The van der Waals surface area contributed by atoms with Crippen LogP contribution in [0.3, 0.4) is 0 Å². The molecule has 0 aromatic heterocycles. The van der Waals surface area contributed by atoms with Crippen molar-refractivity contribution in [3.8, 4) is 0 Å². The molecule has 120 valence electrons. The van der Waals surface area contributed by atoms with Gasteiger partial charge in [-0.3, -0.25) is 14.5 Å². The maximum absolute atomic E-state index is 12.8. The number of hydrogen-bond donors (Lipinski definition) is 2. The molecule has 0 spiro atoms. The van der Waals surface area contributed by atoms with E-state index >= 15 is 0 Å². The van der Waals surface area contributed by atoms with E-state index in [9.17, 15) is 14.7 Å². The topological polar surface area (TPSA) is 83.6 Å². The maximum atomic E-state index is 12.8. The van der Waals surface area contributed by atoms with Crippen molar-refractivity contribution in [1.82, 2.24) is 4.90 Å². The minimum atomic E-state index is -1.53. The fraction of sp³-hybridized carbons (Fsp3) is 0.263. The molecule has 3 aliphatic carbocycles. The van der Waals surface area contributed by atoms with Gasteiger partial charge in [0.15, 0.2) is 0 Å². The summed E-state index contributed by atoms with van der Waals surface area (Å²) in [5, 5.41) is 11.8. The van der Waals surface area contributed by atoms with Crippen LogP contribution >= 0.6 is 0 Å². The zero-order chi connectivity index (χ0) is 16.9. The Hall–Kier alpha value is -2.50. The molecule has 0 saturated carbocycles. The van der Waals surface area contributed by atoms with E-state index in [1.165, 1.54) is 7.05 Å². The van der Waals surface area contributed by atoms with Crippen LogP contribution in [0.15, 0.2) is 48.5 Å². The Kier molecular flexibility index (Phi) is 2.28. The highest BCUT2D eigenvalue weighted by Crippen LogP contribution is 2.63. The number of rotatable bonds is 0. The highest BCUT2D eigenvalue weighted by molar-refractivity contribution is 6.08. The number of imide groups is 1. The van der Waals surface area contributed by atoms with Gasteiger partial charge in [0.2, 0.25) is 11.8 Å². The first kappa shape index (κ1) is 13.9. The fourth-order valence-corrected chi connectivity index (χ4v) is 5.00. The number of benzene rings is 2. The molecular weight excluding hydrogens is 304 g/mol. The van der Waals surface area contributed by atoms with Crippen molar-refractivity contribution in [3.05, 3.63) is 70.8 Å². The summed E-state index contributed by atoms with van der Waals surface area (Å²) >= 11 is 0. The lowest BCUT2D eigenvalue weighted by molar-refractivity contribution is -0.140. The Morgan fingerprint density at radius 3 is 1.79 bits per heavy atom. The van der Waals surface area contributed by atoms with Gasteiger partial charge in [0.05, 0.1) is 17.4 Å². The van der Waals surface area contributed by atoms with Crippen LogP contribution < -0.4 is 5.73 Å². The minimum absolute atomic E-state index is 0.324. The summed E-state index contributed by atoms with van der Waals surface area (Å²) < 4.78 is 0. The van der Waals surface area contributed by atoms with E-state index in [0.29, 0.717) is 11.1 Å². The van der Waals surface area contributed by atoms with Gasteiger partial charge in [-0.25, -0.2) is 0 Å². The van der Waals surface area contributed by atoms with Gasteiger partial charge in [-0.1, -0.05) is 48.5 Å². The second-order valence-electron chi connectivity index (χ2n) is 6.92. The zero-order valence-corrected chi connectivity index (χ0v) is 13.1. The Labute approximate surface area is 138 Å². The van der Waals surface area contributed by atoms with Crippen LogP contribution in [0.25, 0.3) is 0 Å². The van der Waals surface area contributed by atoms with Crippen LogP contribution in [-0.2, 0) is 20.7 Å². The van der Waals surface area contributed by atoms with Crippen LogP contribution in [0.1, 0.15) is 22.3 Å². The second kappa shape index (κ2) is 3.94. The number of nitrogens with two attached hydrogens (primary N) is 1. The molecule has 1 fully saturated rings. The Bertz CT molecular complexity index is 814. The number of aliphatic hydroxyl groups is 1. The second-order valence-corrected chi connectivity index (χ2v) is 6.92. The van der Waals surface area contributed by atoms with Crippen LogP contribution in [-0.4, -0.2) is 28.9 Å². The Balaban J connectivity index is 1.98. The molecule has 2 bridgehead atoms. The predicted octanol–water partition coefficient (Wildman–Crippen LogP) is 0.683. The third-order valence-electron chi connectivity index (χ3n) is 6.03. The molecule has 24 heavy (non-hydrogen) atoms. The normalized spacial score (nSPS) is 35.7. The first-order valence-electron chi connectivity index (χ1n) is 7.96. The number of hydrogen-bond acceptors (Lipinski definition) is 4. The van der Waals surface area contributed by atoms with Crippen LogP contribution in [0, 0.1) is 11.8 Å². The van der Waals surface area contributed by atoms with Crippen molar-refractivity contribution >= 4 is 11.8 Å². The lowest BCUT2D eigenvalue weighted by Gasteiger charge is -2.56. The fourth-order valence-electron chi connectivity index (χ4n) is 5.00. The van der Waals surface area contributed by atoms with E-state index in [-0.39, 0.29) is 11.8 Å². The standard InChI is InChI=1S/C19H16N2O3/c1-21-16(22)14-15(17(21)23)19(24)12-8-4-2-6-10(12)18(14,20)11-7-3-5-9-13(11)19/h2-9,14-15,24H,20H2,1H3/t14-,15-,18?,19?/m1/s1. The van der Waals surface area contributed by atoms with Crippen LogP contribution in [0.2, 0.25) is 0 Å². The number of likely N-dealkylation sites (tertiary alicyclic amines) is 1. The number of amides is 2. The molecular formula is C19H16N2O3. The predicted molar refractivity (Wildman–Crippen MR) is 85.6 cm³/mol. The van der Waals surface area contributed by atoms with Crippen molar-refractivity contribution in [3.63, 3.8) is 0 Å². The molecule has 1 saturated heterocycles. The highest BCUT2D eigenvalue weighted by Gasteiger charge is 2.71. The quantitative estimate of drug-likeness (QED) is 0.699. The molecule has 3 N–H and O–H groups in total. The van der Waals surface area contributed by atoms with Gasteiger partial charge in [-0.2, -0.15) is 0 Å². The molecule has 1 heterocycles. The molecule has 2 atom stereocenters. The van der Waals surface area contributed by atoms with Crippen LogP contribution in [0.5, 0.6) is 0 Å². The molecule has 4 aliphatic rings. The average molecular weight is 320 g/mol. The van der Waals surface area contributed by atoms with Gasteiger partial charge >= 0.3 is 0 Å². The summed E-state index contributed by atoms with van der Waals surface area (Å²) in [6.45, 7) is 0. The number of nitrogens with zero attached hydrogens (tertiary/aromatic N) is 1. The summed E-state index contributed by atoms with van der Waals surface area (Å²) in [6.07, 6.45) is 0. The summed E-state index contributed by atoms with van der Waals surface area (Å²) in [5.74, 6) is -2.36. The molecule has 5 heteroatoms. The van der Waals surface area contributed by atoms with Gasteiger partial charge < -0.3 is 10.8 Å². The van der Waals surface area contributed by atoms with Gasteiger partial charge in [0.1, 0.15) is 5.60 Å². The SMILES string of the molecule is CN1C(=O)[C@H]2[C@H](C1=O)C1(O)c3ccccc3C2(N)c2ccccc21. The van der Waals surface area contributed by atoms with Crippen molar-refractivity contribution in [2.75, 3.05) is 7.05 Å². The highest BCUT2D eigenvalue weighted by atomic mass is 16.3. The monoisotopic (exact) mass is 320 g/mol. The number of carbonyl (C=O) groups is 2. The van der Waals surface area contributed by atoms with E-state index < -0.39 is 23.0 Å². The molecule has 1 aliphatic heterocycles. The molecule has 0 unspecified atom stereocenters. The van der Waals surface area contributed by atoms with Crippen LogP contribution in [0.4, 0.5) is 0 Å². The molecule has 0 radical (unpaired) electrons. The van der Waals surface area contributed by atoms with Gasteiger partial charge in [0, 0.05) is 7.05 Å². The number of carbonyl (C=O) groups excluding carboxylic acids is 2. The summed E-state index contributed by atoms with van der Waals surface area (Å²) in [6, 6.07) is 14.6. The van der Waals surface area contributed by atoms with Gasteiger partial charge in [0.25, 0.3) is 0 Å². The lowest BCUT2D eigenvalue weighted by Crippen LogP contribution is -2.65. The molecule has 6 rings (SSSR count). The van der Waals surface area contributed by atoms with E-state index in [4.69, 9.17) is 5.73 Å².